The highest BCUT2D eigenvalue weighted by molar-refractivity contribution is 9.10. The molecule has 3 rings (SSSR count). The van der Waals surface area contributed by atoms with Crippen molar-refractivity contribution in [3.8, 4) is 0 Å². The van der Waals surface area contributed by atoms with Gasteiger partial charge in [0.2, 0.25) is 0 Å². The van der Waals surface area contributed by atoms with Crippen LogP contribution in [0.4, 0.5) is 0 Å². The first-order valence-corrected chi connectivity index (χ1v) is 8.40. The molecule has 1 saturated heterocycles. The van der Waals surface area contributed by atoms with Crippen LogP contribution in [0.1, 0.15) is 17.2 Å². The maximum atomic E-state index is 12.1. The number of halogens is 1. The first-order chi connectivity index (χ1) is 11.9. The van der Waals surface area contributed by atoms with E-state index >= 15 is 0 Å². The summed E-state index contributed by atoms with van der Waals surface area (Å²) in [4.78, 5) is 26.4. The number of hydrogen-bond donors (Lipinski definition) is 4. The van der Waals surface area contributed by atoms with Gasteiger partial charge < -0.3 is 20.1 Å². The number of hydrogen-bond acceptors (Lipinski definition) is 6. The molecule has 0 spiro atoms. The van der Waals surface area contributed by atoms with Crippen LogP contribution in [0.5, 0.6) is 0 Å². The summed E-state index contributed by atoms with van der Waals surface area (Å²) in [7, 11) is 0. The van der Waals surface area contributed by atoms with Gasteiger partial charge in [0.25, 0.3) is 5.56 Å². The Kier molecular flexibility index (Phi) is 5.21. The third kappa shape index (κ3) is 3.60. The highest BCUT2D eigenvalue weighted by Gasteiger charge is 2.44. The van der Waals surface area contributed by atoms with Crippen molar-refractivity contribution in [2.75, 3.05) is 6.61 Å². The van der Waals surface area contributed by atoms with Crippen molar-refractivity contribution in [2.24, 2.45) is 0 Å². The predicted octanol–water partition coefficient (Wildman–Crippen LogP) is -0.499. The van der Waals surface area contributed by atoms with Crippen LogP contribution >= 0.6 is 15.9 Å². The molecule has 0 unspecified atom stereocenters. The maximum Gasteiger partial charge on any atom is 0.328 e. The fraction of sp³-hybridized carbons (Fsp3) is 0.375. The van der Waals surface area contributed by atoms with E-state index in [2.05, 4.69) is 20.9 Å². The zero-order valence-corrected chi connectivity index (χ0v) is 14.6. The van der Waals surface area contributed by atoms with Gasteiger partial charge in [-0.3, -0.25) is 14.3 Å². The monoisotopic (exact) mass is 412 g/mol. The van der Waals surface area contributed by atoms with E-state index in [9.17, 15) is 19.8 Å². The van der Waals surface area contributed by atoms with E-state index < -0.39 is 42.3 Å². The first-order valence-electron chi connectivity index (χ1n) is 7.61. The summed E-state index contributed by atoms with van der Waals surface area (Å²) in [5.41, 5.74) is -0.445. The molecule has 1 aromatic heterocycles. The number of benzene rings is 1. The maximum absolute atomic E-state index is 12.1. The van der Waals surface area contributed by atoms with E-state index in [0.717, 1.165) is 10.0 Å². The number of nitrogens with zero attached hydrogens (tertiary/aromatic N) is 1. The fourth-order valence-electron chi connectivity index (χ4n) is 2.79. The minimum absolute atomic E-state index is 0.0132. The quantitative estimate of drug-likeness (QED) is 0.536. The molecule has 0 amide bonds. The fourth-order valence-corrected chi connectivity index (χ4v) is 3.05. The Morgan fingerprint density at radius 3 is 2.44 bits per heavy atom. The molecule has 2 aromatic rings. The number of H-pyrrole nitrogens is 1. The van der Waals surface area contributed by atoms with Crippen LogP contribution in [0.15, 0.2) is 44.5 Å². The third-order valence-electron chi connectivity index (χ3n) is 4.15. The van der Waals surface area contributed by atoms with Gasteiger partial charge >= 0.3 is 5.69 Å². The smallest absolute Gasteiger partial charge is 0.328 e. The van der Waals surface area contributed by atoms with Crippen molar-refractivity contribution in [3.63, 3.8) is 0 Å². The number of rotatable bonds is 4. The van der Waals surface area contributed by atoms with E-state index in [1.54, 1.807) is 0 Å². The van der Waals surface area contributed by atoms with E-state index in [4.69, 9.17) is 9.84 Å². The van der Waals surface area contributed by atoms with Crippen molar-refractivity contribution in [1.29, 1.82) is 0 Å². The second kappa shape index (κ2) is 7.22. The molecule has 1 aliphatic heterocycles. The summed E-state index contributed by atoms with van der Waals surface area (Å²) >= 11 is 3.33. The molecule has 4 atom stereocenters. The summed E-state index contributed by atoms with van der Waals surface area (Å²) < 4.78 is 7.56. The molecule has 9 heteroatoms. The van der Waals surface area contributed by atoms with Crippen LogP contribution in [-0.4, -0.2) is 49.8 Å². The lowest BCUT2D eigenvalue weighted by Crippen LogP contribution is -2.36. The number of ether oxygens (including phenoxy) is 1. The number of nitrogens with one attached hydrogen (secondary N) is 1. The van der Waals surface area contributed by atoms with E-state index in [1.807, 2.05) is 24.3 Å². The Hall–Kier alpha value is -1.78. The Bertz CT molecular complexity index is 862. The van der Waals surface area contributed by atoms with Gasteiger partial charge in [-0.2, -0.15) is 0 Å². The lowest BCUT2D eigenvalue weighted by molar-refractivity contribution is -0.0233. The third-order valence-corrected chi connectivity index (χ3v) is 4.68. The summed E-state index contributed by atoms with van der Waals surface area (Å²) in [5, 5.41) is 29.1. The van der Waals surface area contributed by atoms with Gasteiger partial charge in [0.1, 0.15) is 24.4 Å². The van der Waals surface area contributed by atoms with E-state index in [1.165, 1.54) is 10.8 Å². The van der Waals surface area contributed by atoms with Crippen molar-refractivity contribution in [1.82, 2.24) is 9.55 Å². The summed E-state index contributed by atoms with van der Waals surface area (Å²) in [5.74, 6) is 0. The highest BCUT2D eigenvalue weighted by atomic mass is 79.9. The van der Waals surface area contributed by atoms with Gasteiger partial charge in [-0.15, -0.1) is 0 Å². The molecule has 1 aliphatic rings. The molecule has 0 bridgehead atoms. The lowest BCUT2D eigenvalue weighted by Gasteiger charge is -2.15. The number of aliphatic hydroxyl groups is 3. The van der Waals surface area contributed by atoms with E-state index in [0.29, 0.717) is 0 Å². The second-order valence-electron chi connectivity index (χ2n) is 5.86. The molecule has 2 heterocycles. The lowest BCUT2D eigenvalue weighted by atomic mass is 10.0. The molecule has 4 N–H and O–H groups in total. The van der Waals surface area contributed by atoms with Gasteiger partial charge in [0.15, 0.2) is 0 Å². The van der Waals surface area contributed by atoms with Crippen LogP contribution in [-0.2, 0) is 11.3 Å². The predicted molar refractivity (Wildman–Crippen MR) is 91.3 cm³/mol. The van der Waals surface area contributed by atoms with Crippen LogP contribution in [0, 0.1) is 0 Å². The van der Waals surface area contributed by atoms with Crippen LogP contribution in [0.25, 0.3) is 0 Å². The Labute approximate surface area is 150 Å². The average Bonchev–Trinajstić information content (AvgIpc) is 2.87. The second-order valence-corrected chi connectivity index (χ2v) is 6.77. The van der Waals surface area contributed by atoms with Crippen LogP contribution in [0.3, 0.4) is 0 Å². The molecule has 25 heavy (non-hydrogen) atoms. The average molecular weight is 413 g/mol. The first kappa shape index (κ1) is 18.0. The minimum atomic E-state index is -1.38. The van der Waals surface area contributed by atoms with E-state index in [-0.39, 0.29) is 12.1 Å². The summed E-state index contributed by atoms with van der Waals surface area (Å²) in [6.07, 6.45) is -3.51. The Morgan fingerprint density at radius 1 is 1.16 bits per heavy atom. The molecular formula is C16H17BrN2O6. The van der Waals surface area contributed by atoms with Gasteiger partial charge in [0, 0.05) is 10.7 Å². The molecule has 8 nitrogen and oxygen atoms in total. The standard InChI is InChI=1S/C16H17BrN2O6/c17-9-3-1-8(2-4-9)5-19-6-10(15(23)18-16(19)24)14-13(22)12(21)11(7-20)25-14/h1-4,6,11-14,20-22H,5,7H2,(H,18,23,24)/t11-,12-,13-,14+/m1/s1. The highest BCUT2D eigenvalue weighted by Crippen LogP contribution is 2.31. The molecular weight excluding hydrogens is 396 g/mol. The molecule has 1 fully saturated rings. The van der Waals surface area contributed by atoms with Gasteiger partial charge in [-0.25, -0.2) is 4.79 Å². The minimum Gasteiger partial charge on any atom is -0.394 e. The Morgan fingerprint density at radius 2 is 1.84 bits per heavy atom. The normalized spacial score (nSPS) is 26.1. The van der Waals surface area contributed by atoms with Crippen molar-refractivity contribution in [3.05, 3.63) is 66.9 Å². The molecule has 1 aromatic carbocycles. The van der Waals surface area contributed by atoms with Gasteiger partial charge in [-0.1, -0.05) is 28.1 Å². The topological polar surface area (TPSA) is 125 Å². The molecule has 134 valence electrons. The van der Waals surface area contributed by atoms with Gasteiger partial charge in [-0.05, 0) is 17.7 Å². The summed E-state index contributed by atoms with van der Waals surface area (Å²) in [6, 6.07) is 7.32. The molecule has 0 aliphatic carbocycles. The van der Waals surface area contributed by atoms with Crippen LogP contribution in [0.2, 0.25) is 0 Å². The number of aromatic amines is 1. The number of aliphatic hydroxyl groups excluding tert-OH is 3. The van der Waals surface area contributed by atoms with Crippen molar-refractivity contribution < 1.29 is 20.1 Å². The van der Waals surface area contributed by atoms with Crippen LogP contribution < -0.4 is 11.2 Å². The van der Waals surface area contributed by atoms with Crippen molar-refractivity contribution in [2.45, 2.75) is 31.0 Å². The zero-order chi connectivity index (χ0) is 18.1. The SMILES string of the molecule is O=c1[nH]c(=O)n(Cc2ccc(Br)cc2)cc1[C@@H]1O[C@H](CO)[C@@H](O)[C@H]1O. The summed E-state index contributed by atoms with van der Waals surface area (Å²) in [6.45, 7) is -0.282. The molecule has 0 radical (unpaired) electrons. The zero-order valence-electron chi connectivity index (χ0n) is 13.0. The number of aromatic nitrogens is 2. The van der Waals surface area contributed by atoms with Crippen molar-refractivity contribution >= 4 is 15.9 Å². The Balaban J connectivity index is 1.95. The largest absolute Gasteiger partial charge is 0.394 e. The molecule has 0 saturated carbocycles. The van der Waals surface area contributed by atoms with Gasteiger partial charge in [0.05, 0.1) is 18.7 Å².